The van der Waals surface area contributed by atoms with Crippen LogP contribution in [-0.4, -0.2) is 59.9 Å². The van der Waals surface area contributed by atoms with Gasteiger partial charge in [-0.15, -0.1) is 0 Å². The summed E-state index contributed by atoms with van der Waals surface area (Å²) in [5.41, 5.74) is 1.28. The van der Waals surface area contributed by atoms with Gasteiger partial charge in [-0.05, 0) is 64.4 Å². The summed E-state index contributed by atoms with van der Waals surface area (Å²) in [6.45, 7) is 11.3. The number of para-hydroxylation sites is 1. The number of anilines is 4. The summed E-state index contributed by atoms with van der Waals surface area (Å²) < 4.78 is 0. The van der Waals surface area contributed by atoms with Crippen molar-refractivity contribution in [1.29, 1.82) is 0 Å². The van der Waals surface area contributed by atoms with Gasteiger partial charge in [-0.25, -0.2) is 0 Å². The van der Waals surface area contributed by atoms with E-state index < -0.39 is 0 Å². The maximum Gasteiger partial charge on any atom is 0.232 e. The summed E-state index contributed by atoms with van der Waals surface area (Å²) in [4.78, 5) is 16.9. The van der Waals surface area contributed by atoms with Gasteiger partial charge in [-0.2, -0.15) is 9.97 Å². The quantitative estimate of drug-likeness (QED) is 0.662. The van der Waals surface area contributed by atoms with Gasteiger partial charge in [0.25, 0.3) is 0 Å². The lowest BCUT2D eigenvalue weighted by molar-refractivity contribution is 0.481. The van der Waals surface area contributed by atoms with Crippen LogP contribution in [0.25, 0.3) is 0 Å². The Labute approximate surface area is 197 Å². The Morgan fingerprint density at radius 2 is 1.66 bits per heavy atom. The largest absolute Gasteiger partial charge is 0.368 e. The summed E-state index contributed by atoms with van der Waals surface area (Å²) in [5, 5.41) is 7.00. The zero-order valence-electron chi connectivity index (χ0n) is 19.4. The summed E-state index contributed by atoms with van der Waals surface area (Å²) in [7, 11) is 0. The minimum absolute atomic E-state index is 0.255. The lowest BCUT2D eigenvalue weighted by atomic mass is 10.0. The van der Waals surface area contributed by atoms with E-state index in [9.17, 15) is 0 Å². The van der Waals surface area contributed by atoms with E-state index in [-0.39, 0.29) is 6.04 Å². The molecule has 3 heterocycles. The van der Waals surface area contributed by atoms with Crippen molar-refractivity contribution < 1.29 is 0 Å². The fourth-order valence-electron chi connectivity index (χ4n) is 4.46. The van der Waals surface area contributed by atoms with Crippen LogP contribution < -0.4 is 25.3 Å². The molecule has 1 aromatic carbocycles. The number of benzene rings is 1. The third-order valence-electron chi connectivity index (χ3n) is 6.17. The monoisotopic (exact) mass is 453 g/mol. The molecule has 1 atom stereocenters. The van der Waals surface area contributed by atoms with Gasteiger partial charge in [-0.3, -0.25) is 0 Å². The summed E-state index contributed by atoms with van der Waals surface area (Å²) in [6, 6.07) is 13.5. The second kappa shape index (κ2) is 10.3. The molecule has 0 saturated carbocycles. The number of thiocarbonyl (C=S) groups is 1. The number of piperazine rings is 1. The highest BCUT2D eigenvalue weighted by Gasteiger charge is 2.24. The van der Waals surface area contributed by atoms with E-state index in [1.165, 1.54) is 24.9 Å². The maximum absolute atomic E-state index is 5.47. The Morgan fingerprint density at radius 1 is 0.969 bits per heavy atom. The molecule has 1 aromatic heterocycles. The number of hydrogen-bond acceptors (Lipinski definition) is 6. The molecule has 2 fully saturated rings. The van der Waals surface area contributed by atoms with Gasteiger partial charge < -0.3 is 25.3 Å². The van der Waals surface area contributed by atoms with Gasteiger partial charge in [0.1, 0.15) is 11.6 Å². The maximum atomic E-state index is 5.47. The van der Waals surface area contributed by atoms with Crippen LogP contribution in [0.2, 0.25) is 0 Å². The van der Waals surface area contributed by atoms with Gasteiger partial charge in [0, 0.05) is 56.6 Å². The smallest absolute Gasteiger partial charge is 0.232 e. The van der Waals surface area contributed by atoms with Crippen LogP contribution in [-0.2, 0) is 0 Å². The Bertz CT molecular complexity index is 896. The standard InChI is InChI=1S/C24H35N7S/c1-18(2)25-24(32)28-23-26-21(17-22(27-23)31-12-8-7-9-19(31)3)30-15-13-29(14-16-30)20-10-5-4-6-11-20/h4-6,10-11,17-19H,7-9,12-16H2,1-3H3,(H2,25,26,27,28,32). The van der Waals surface area contributed by atoms with Gasteiger partial charge in [0.05, 0.1) is 0 Å². The SMILES string of the molecule is CC(C)NC(=S)Nc1nc(N2CCN(c3ccccc3)CC2)cc(N2CCCCC2C)n1. The van der Waals surface area contributed by atoms with E-state index in [2.05, 4.69) is 82.5 Å². The molecule has 2 aliphatic rings. The fourth-order valence-corrected chi connectivity index (χ4v) is 4.78. The Morgan fingerprint density at radius 3 is 2.34 bits per heavy atom. The van der Waals surface area contributed by atoms with E-state index in [4.69, 9.17) is 22.2 Å². The minimum Gasteiger partial charge on any atom is -0.368 e. The van der Waals surface area contributed by atoms with Crippen molar-refractivity contribution in [1.82, 2.24) is 15.3 Å². The first kappa shape index (κ1) is 22.6. The van der Waals surface area contributed by atoms with E-state index in [0.717, 1.165) is 44.4 Å². The van der Waals surface area contributed by atoms with Gasteiger partial charge in [0.15, 0.2) is 5.11 Å². The third-order valence-corrected chi connectivity index (χ3v) is 6.39. The lowest BCUT2D eigenvalue weighted by Crippen LogP contribution is -2.47. The molecule has 2 saturated heterocycles. The number of nitrogens with zero attached hydrogens (tertiary/aromatic N) is 5. The molecule has 0 aliphatic carbocycles. The topological polar surface area (TPSA) is 59.6 Å². The second-order valence-corrected chi connectivity index (χ2v) is 9.42. The highest BCUT2D eigenvalue weighted by Crippen LogP contribution is 2.28. The molecule has 4 rings (SSSR count). The zero-order chi connectivity index (χ0) is 22.5. The van der Waals surface area contributed by atoms with Gasteiger partial charge in [0.2, 0.25) is 5.95 Å². The van der Waals surface area contributed by atoms with Crippen LogP contribution in [0.4, 0.5) is 23.3 Å². The van der Waals surface area contributed by atoms with Crippen LogP contribution in [0.5, 0.6) is 0 Å². The summed E-state index contributed by atoms with van der Waals surface area (Å²) in [6.07, 6.45) is 3.69. The molecule has 0 spiro atoms. The van der Waals surface area contributed by atoms with Crippen LogP contribution >= 0.6 is 12.2 Å². The molecule has 2 N–H and O–H groups in total. The Hall–Kier alpha value is -2.61. The van der Waals surface area contributed by atoms with Crippen molar-refractivity contribution in [3.05, 3.63) is 36.4 Å². The fraction of sp³-hybridized carbons (Fsp3) is 0.542. The second-order valence-electron chi connectivity index (χ2n) is 9.01. The summed E-state index contributed by atoms with van der Waals surface area (Å²) in [5.74, 6) is 2.52. The van der Waals surface area contributed by atoms with Crippen molar-refractivity contribution in [3.8, 4) is 0 Å². The first-order valence-corrected chi connectivity index (χ1v) is 12.2. The molecule has 7 nitrogen and oxygen atoms in total. The van der Waals surface area contributed by atoms with Gasteiger partial charge in [-0.1, -0.05) is 18.2 Å². The molecule has 2 aliphatic heterocycles. The Balaban J connectivity index is 1.54. The number of aromatic nitrogens is 2. The van der Waals surface area contributed by atoms with Crippen LogP contribution in [0, 0.1) is 0 Å². The molecule has 172 valence electrons. The molecule has 8 heteroatoms. The zero-order valence-corrected chi connectivity index (χ0v) is 20.2. The average molecular weight is 454 g/mol. The summed E-state index contributed by atoms with van der Waals surface area (Å²) >= 11 is 5.47. The molecule has 0 bridgehead atoms. The lowest BCUT2D eigenvalue weighted by Gasteiger charge is -2.38. The first-order chi connectivity index (χ1) is 15.5. The molecule has 32 heavy (non-hydrogen) atoms. The number of rotatable bonds is 5. The molecular formula is C24H35N7S. The molecular weight excluding hydrogens is 418 g/mol. The predicted octanol–water partition coefficient (Wildman–Crippen LogP) is 3.88. The predicted molar refractivity (Wildman–Crippen MR) is 138 cm³/mol. The van der Waals surface area contributed by atoms with Crippen LogP contribution in [0.15, 0.2) is 36.4 Å². The van der Waals surface area contributed by atoms with Crippen molar-refractivity contribution in [2.45, 2.75) is 52.1 Å². The van der Waals surface area contributed by atoms with Gasteiger partial charge >= 0.3 is 0 Å². The van der Waals surface area contributed by atoms with E-state index >= 15 is 0 Å². The highest BCUT2D eigenvalue weighted by atomic mass is 32.1. The highest BCUT2D eigenvalue weighted by molar-refractivity contribution is 7.80. The molecule has 0 amide bonds. The molecule has 1 unspecified atom stereocenters. The van der Waals surface area contributed by atoms with E-state index in [1.807, 2.05) is 0 Å². The minimum atomic E-state index is 0.255. The normalized spacial score (nSPS) is 19.2. The number of nitrogens with one attached hydrogen (secondary N) is 2. The van der Waals surface area contributed by atoms with Crippen molar-refractivity contribution >= 4 is 40.6 Å². The van der Waals surface area contributed by atoms with Crippen molar-refractivity contribution in [2.24, 2.45) is 0 Å². The van der Waals surface area contributed by atoms with E-state index in [1.54, 1.807) is 0 Å². The molecule has 2 aromatic rings. The first-order valence-electron chi connectivity index (χ1n) is 11.8. The Kier molecular flexibility index (Phi) is 7.29. The number of piperidine rings is 1. The average Bonchev–Trinajstić information content (AvgIpc) is 2.79. The van der Waals surface area contributed by atoms with Crippen molar-refractivity contribution in [3.63, 3.8) is 0 Å². The molecule has 0 radical (unpaired) electrons. The van der Waals surface area contributed by atoms with E-state index in [0.29, 0.717) is 17.1 Å². The van der Waals surface area contributed by atoms with Crippen molar-refractivity contribution in [2.75, 3.05) is 52.7 Å². The third kappa shape index (κ3) is 5.59. The van der Waals surface area contributed by atoms with Crippen LogP contribution in [0.1, 0.15) is 40.0 Å². The number of hydrogen-bond donors (Lipinski definition) is 2. The van der Waals surface area contributed by atoms with Crippen LogP contribution in [0.3, 0.4) is 0 Å².